The summed E-state index contributed by atoms with van der Waals surface area (Å²) in [4.78, 5) is 0. The molecule has 8 N–H and O–H groups in total. The largest absolute Gasteiger partial charge is 0.394 e. The van der Waals surface area contributed by atoms with E-state index in [1.807, 2.05) is 0 Å². The predicted octanol–water partition coefficient (Wildman–Crippen LogP) is -2.84. The van der Waals surface area contributed by atoms with Gasteiger partial charge in [-0.25, -0.2) is 0 Å². The Kier molecular flexibility index (Phi) is 13.7. The SMILES string of the molecule is CCCCN.OCC(O)C(O)C(O)C(O)CO. The van der Waals surface area contributed by atoms with Gasteiger partial charge in [0.2, 0.25) is 0 Å². The molecule has 0 rings (SSSR count). The van der Waals surface area contributed by atoms with Crippen LogP contribution >= 0.6 is 0 Å². The van der Waals surface area contributed by atoms with Crippen molar-refractivity contribution in [1.82, 2.24) is 0 Å². The van der Waals surface area contributed by atoms with Crippen LogP contribution in [0, 0.1) is 0 Å². The highest BCUT2D eigenvalue weighted by Gasteiger charge is 2.29. The van der Waals surface area contributed by atoms with Crippen LogP contribution in [0.1, 0.15) is 19.8 Å². The Balaban J connectivity index is 0. The van der Waals surface area contributed by atoms with E-state index in [1.54, 1.807) is 0 Å². The Morgan fingerprint density at radius 2 is 1.24 bits per heavy atom. The maximum atomic E-state index is 8.96. The number of rotatable bonds is 7. The van der Waals surface area contributed by atoms with Gasteiger partial charge in [-0.15, -0.1) is 0 Å². The minimum atomic E-state index is -1.67. The minimum Gasteiger partial charge on any atom is -0.394 e. The van der Waals surface area contributed by atoms with Crippen LogP contribution in [-0.4, -0.2) is 74.8 Å². The van der Waals surface area contributed by atoms with E-state index in [0.29, 0.717) is 0 Å². The van der Waals surface area contributed by atoms with Gasteiger partial charge in [-0.1, -0.05) is 13.3 Å². The van der Waals surface area contributed by atoms with Crippen LogP contribution in [0.5, 0.6) is 0 Å². The number of nitrogens with two attached hydrogens (primary N) is 1. The van der Waals surface area contributed by atoms with Gasteiger partial charge in [0, 0.05) is 0 Å². The standard InChI is InChI=1S/C6H14O6.C4H11N/c7-1-3(9)5(11)6(12)4(10)2-8;1-2-3-4-5/h3-12H,1-2H2;2-5H2,1H3. The lowest BCUT2D eigenvalue weighted by Gasteiger charge is -2.24. The first-order valence-electron chi connectivity index (χ1n) is 5.60. The fourth-order valence-electron chi connectivity index (χ4n) is 0.875. The van der Waals surface area contributed by atoms with E-state index in [-0.39, 0.29) is 0 Å². The molecular weight excluding hydrogens is 230 g/mol. The maximum Gasteiger partial charge on any atom is 0.111 e. The summed E-state index contributed by atoms with van der Waals surface area (Å²) in [6.45, 7) is 1.52. The van der Waals surface area contributed by atoms with Gasteiger partial charge >= 0.3 is 0 Å². The van der Waals surface area contributed by atoms with Crippen LogP contribution in [0.4, 0.5) is 0 Å². The van der Waals surface area contributed by atoms with Crippen LogP contribution in [-0.2, 0) is 0 Å². The molecular formula is C10H25NO6. The van der Waals surface area contributed by atoms with Gasteiger partial charge in [-0.05, 0) is 13.0 Å². The molecule has 0 aromatic rings. The van der Waals surface area contributed by atoms with Crippen LogP contribution in [0.2, 0.25) is 0 Å². The Morgan fingerprint density at radius 3 is 1.35 bits per heavy atom. The summed E-state index contributed by atoms with van der Waals surface area (Å²) >= 11 is 0. The molecule has 7 heteroatoms. The van der Waals surface area contributed by atoms with Gasteiger partial charge in [0.25, 0.3) is 0 Å². The van der Waals surface area contributed by atoms with Crippen molar-refractivity contribution in [3.63, 3.8) is 0 Å². The molecule has 0 amide bonds. The summed E-state index contributed by atoms with van der Waals surface area (Å²) in [7, 11) is 0. The van der Waals surface area contributed by atoms with Gasteiger partial charge in [0.1, 0.15) is 24.4 Å². The summed E-state index contributed by atoms with van der Waals surface area (Å²) < 4.78 is 0. The molecule has 0 fully saturated rings. The van der Waals surface area contributed by atoms with Gasteiger partial charge in [0.05, 0.1) is 13.2 Å². The second kappa shape index (κ2) is 12.2. The van der Waals surface area contributed by atoms with Crippen LogP contribution < -0.4 is 5.73 Å². The van der Waals surface area contributed by atoms with E-state index in [4.69, 9.17) is 36.4 Å². The lowest BCUT2D eigenvalue weighted by atomic mass is 10.0. The number of aliphatic hydroxyl groups excluding tert-OH is 6. The molecule has 0 saturated heterocycles. The van der Waals surface area contributed by atoms with Gasteiger partial charge in [0.15, 0.2) is 0 Å². The van der Waals surface area contributed by atoms with Gasteiger partial charge < -0.3 is 36.4 Å². The second-order valence-electron chi connectivity index (χ2n) is 3.62. The average Bonchev–Trinajstić information content (AvgIpc) is 2.36. The molecule has 17 heavy (non-hydrogen) atoms. The summed E-state index contributed by atoms with van der Waals surface area (Å²) in [5.41, 5.74) is 5.14. The topological polar surface area (TPSA) is 147 Å². The number of hydrogen-bond donors (Lipinski definition) is 7. The molecule has 7 nitrogen and oxygen atoms in total. The van der Waals surface area contributed by atoms with E-state index in [0.717, 1.165) is 6.54 Å². The number of aliphatic hydroxyl groups is 6. The molecule has 4 atom stereocenters. The molecule has 0 saturated carbocycles. The van der Waals surface area contributed by atoms with Crippen molar-refractivity contribution in [1.29, 1.82) is 0 Å². The third kappa shape index (κ3) is 9.42. The van der Waals surface area contributed by atoms with E-state index < -0.39 is 37.6 Å². The zero-order valence-corrected chi connectivity index (χ0v) is 10.1. The van der Waals surface area contributed by atoms with E-state index in [9.17, 15) is 0 Å². The van der Waals surface area contributed by atoms with Crippen molar-refractivity contribution >= 4 is 0 Å². The maximum absolute atomic E-state index is 8.96. The van der Waals surface area contributed by atoms with Crippen molar-refractivity contribution in [2.24, 2.45) is 5.73 Å². The molecule has 0 bridgehead atoms. The molecule has 0 spiro atoms. The van der Waals surface area contributed by atoms with Crippen molar-refractivity contribution in [3.8, 4) is 0 Å². The molecule has 0 radical (unpaired) electrons. The van der Waals surface area contributed by atoms with Crippen LogP contribution in [0.3, 0.4) is 0 Å². The third-order valence-electron chi connectivity index (χ3n) is 2.07. The van der Waals surface area contributed by atoms with Crippen LogP contribution in [0.25, 0.3) is 0 Å². The number of unbranched alkanes of at least 4 members (excludes halogenated alkanes) is 1. The molecule has 0 aliphatic carbocycles. The summed E-state index contributed by atoms with van der Waals surface area (Å²) in [6, 6.07) is 0. The molecule has 4 unspecified atom stereocenters. The molecule has 106 valence electrons. The highest BCUT2D eigenvalue weighted by Crippen LogP contribution is 2.03. The first-order chi connectivity index (χ1) is 7.95. The second-order valence-corrected chi connectivity index (χ2v) is 3.62. The van der Waals surface area contributed by atoms with Crippen molar-refractivity contribution in [2.75, 3.05) is 19.8 Å². The summed E-state index contributed by atoms with van der Waals surface area (Å²) in [5.74, 6) is 0. The van der Waals surface area contributed by atoms with Crippen molar-refractivity contribution < 1.29 is 30.6 Å². The number of hydrogen-bond acceptors (Lipinski definition) is 7. The summed E-state index contributed by atoms with van der Waals surface area (Å²) in [5, 5.41) is 52.2. The smallest absolute Gasteiger partial charge is 0.111 e. The van der Waals surface area contributed by atoms with Crippen LogP contribution in [0.15, 0.2) is 0 Å². The first kappa shape index (κ1) is 19.1. The fraction of sp³-hybridized carbons (Fsp3) is 1.00. The highest BCUT2D eigenvalue weighted by atomic mass is 16.4. The predicted molar refractivity (Wildman–Crippen MR) is 62.2 cm³/mol. The highest BCUT2D eigenvalue weighted by molar-refractivity contribution is 4.79. The monoisotopic (exact) mass is 255 g/mol. The molecule has 0 heterocycles. The lowest BCUT2D eigenvalue weighted by Crippen LogP contribution is -2.46. The zero-order chi connectivity index (χ0) is 13.8. The lowest BCUT2D eigenvalue weighted by molar-refractivity contribution is -0.123. The Morgan fingerprint density at radius 1 is 0.882 bits per heavy atom. The Hall–Kier alpha value is -0.280. The van der Waals surface area contributed by atoms with Crippen molar-refractivity contribution in [3.05, 3.63) is 0 Å². The minimum absolute atomic E-state index is 0.726. The first-order valence-corrected chi connectivity index (χ1v) is 5.60. The molecule has 0 aromatic heterocycles. The molecule has 0 aliphatic heterocycles. The average molecular weight is 255 g/mol. The Bertz CT molecular complexity index is 144. The zero-order valence-electron chi connectivity index (χ0n) is 10.1. The molecule has 0 aromatic carbocycles. The molecule has 0 aliphatic rings. The van der Waals surface area contributed by atoms with E-state index in [1.165, 1.54) is 12.8 Å². The third-order valence-corrected chi connectivity index (χ3v) is 2.07. The van der Waals surface area contributed by atoms with Crippen molar-refractivity contribution in [2.45, 2.75) is 44.2 Å². The fourth-order valence-corrected chi connectivity index (χ4v) is 0.875. The van der Waals surface area contributed by atoms with E-state index >= 15 is 0 Å². The van der Waals surface area contributed by atoms with E-state index in [2.05, 4.69) is 6.92 Å². The van der Waals surface area contributed by atoms with Gasteiger partial charge in [-0.2, -0.15) is 0 Å². The quantitative estimate of drug-likeness (QED) is 0.259. The normalized spacial score (nSPS) is 17.6. The van der Waals surface area contributed by atoms with Gasteiger partial charge in [-0.3, -0.25) is 0 Å². The Labute approximate surface area is 101 Å². The summed E-state index contributed by atoms with van der Waals surface area (Å²) in [6.07, 6.45) is -4.01.